The third-order valence-electron chi connectivity index (χ3n) is 5.59. The maximum atomic E-state index is 13.3. The highest BCUT2D eigenvalue weighted by Gasteiger charge is 2.38. The first-order valence-electron chi connectivity index (χ1n) is 8.82. The first-order chi connectivity index (χ1) is 11.5. The summed E-state index contributed by atoms with van der Waals surface area (Å²) in [5.41, 5.74) is 5.33. The standard InChI is InChI=1S/C18H25N5O/c1-11-16(12(2)21(3)20-11)15-6-5-9-23(15)18(24)14-10-19-22(4)17(14)13-7-8-13/h10,13,15H,5-9H2,1-4H3/t15-/m1/s1. The van der Waals surface area contributed by atoms with Crippen molar-refractivity contribution in [2.24, 2.45) is 14.1 Å². The van der Waals surface area contributed by atoms with Gasteiger partial charge in [0.25, 0.3) is 5.91 Å². The monoisotopic (exact) mass is 327 g/mol. The largest absolute Gasteiger partial charge is 0.331 e. The summed E-state index contributed by atoms with van der Waals surface area (Å²) < 4.78 is 3.81. The summed E-state index contributed by atoms with van der Waals surface area (Å²) in [5, 5.41) is 8.90. The van der Waals surface area contributed by atoms with Gasteiger partial charge < -0.3 is 4.90 Å². The van der Waals surface area contributed by atoms with Crippen LogP contribution in [0.3, 0.4) is 0 Å². The molecular formula is C18H25N5O. The zero-order valence-corrected chi connectivity index (χ0v) is 14.9. The van der Waals surface area contributed by atoms with E-state index in [2.05, 4.69) is 17.1 Å². The van der Waals surface area contributed by atoms with Crippen molar-refractivity contribution in [3.05, 3.63) is 34.4 Å². The Kier molecular flexibility index (Phi) is 3.51. The molecule has 3 heterocycles. The van der Waals surface area contributed by atoms with Crippen LogP contribution in [0.4, 0.5) is 0 Å². The summed E-state index contributed by atoms with van der Waals surface area (Å²) in [6.45, 7) is 4.95. The van der Waals surface area contributed by atoms with Gasteiger partial charge in [0.1, 0.15) is 0 Å². The van der Waals surface area contributed by atoms with Gasteiger partial charge in [0.15, 0.2) is 0 Å². The number of rotatable bonds is 3. The van der Waals surface area contributed by atoms with E-state index in [9.17, 15) is 4.79 Å². The van der Waals surface area contributed by atoms with Crippen LogP contribution in [0.25, 0.3) is 0 Å². The highest BCUT2D eigenvalue weighted by atomic mass is 16.2. The zero-order chi connectivity index (χ0) is 17.0. The van der Waals surface area contributed by atoms with Crippen molar-refractivity contribution in [3.8, 4) is 0 Å². The Morgan fingerprint density at radius 3 is 2.54 bits per heavy atom. The molecule has 2 fully saturated rings. The molecule has 128 valence electrons. The lowest BCUT2D eigenvalue weighted by Gasteiger charge is -2.25. The molecular weight excluding hydrogens is 302 g/mol. The molecule has 0 spiro atoms. The van der Waals surface area contributed by atoms with Crippen LogP contribution in [0.15, 0.2) is 6.20 Å². The minimum atomic E-state index is 0.134. The van der Waals surface area contributed by atoms with Gasteiger partial charge in [-0.3, -0.25) is 14.2 Å². The van der Waals surface area contributed by atoms with Crippen LogP contribution in [0.1, 0.15) is 70.6 Å². The molecule has 0 N–H and O–H groups in total. The smallest absolute Gasteiger partial charge is 0.257 e. The van der Waals surface area contributed by atoms with E-state index in [1.807, 2.05) is 35.3 Å². The summed E-state index contributed by atoms with van der Waals surface area (Å²) in [6.07, 6.45) is 6.16. The second-order valence-corrected chi connectivity index (χ2v) is 7.21. The summed E-state index contributed by atoms with van der Waals surface area (Å²) in [7, 11) is 3.92. The number of aromatic nitrogens is 4. The molecule has 2 aromatic heterocycles. The van der Waals surface area contributed by atoms with Crippen molar-refractivity contribution in [1.82, 2.24) is 24.5 Å². The van der Waals surface area contributed by atoms with Crippen LogP contribution < -0.4 is 0 Å². The average Bonchev–Trinajstić information content (AvgIpc) is 3.04. The third-order valence-corrected chi connectivity index (χ3v) is 5.59. The number of nitrogens with zero attached hydrogens (tertiary/aromatic N) is 5. The van der Waals surface area contributed by atoms with Gasteiger partial charge in [-0.05, 0) is 39.5 Å². The summed E-state index contributed by atoms with van der Waals surface area (Å²) in [4.78, 5) is 15.3. The van der Waals surface area contributed by atoms with E-state index in [0.717, 1.165) is 42.0 Å². The van der Waals surface area contributed by atoms with Crippen LogP contribution in [0, 0.1) is 13.8 Å². The number of hydrogen-bond acceptors (Lipinski definition) is 3. The number of carbonyl (C=O) groups excluding carboxylic acids is 1. The summed E-state index contributed by atoms with van der Waals surface area (Å²) in [5.74, 6) is 0.648. The van der Waals surface area contributed by atoms with Crippen LogP contribution in [0.5, 0.6) is 0 Å². The molecule has 1 saturated carbocycles. The molecule has 24 heavy (non-hydrogen) atoms. The quantitative estimate of drug-likeness (QED) is 0.871. The lowest BCUT2D eigenvalue weighted by atomic mass is 10.0. The van der Waals surface area contributed by atoms with Gasteiger partial charge >= 0.3 is 0 Å². The summed E-state index contributed by atoms with van der Waals surface area (Å²) in [6, 6.07) is 0.137. The number of likely N-dealkylation sites (tertiary alicyclic amines) is 1. The Morgan fingerprint density at radius 2 is 1.92 bits per heavy atom. The molecule has 4 rings (SSSR count). The molecule has 1 amide bonds. The van der Waals surface area contributed by atoms with Crippen LogP contribution in [-0.2, 0) is 14.1 Å². The van der Waals surface area contributed by atoms with E-state index in [0.29, 0.717) is 5.92 Å². The fourth-order valence-electron chi connectivity index (χ4n) is 4.19. The van der Waals surface area contributed by atoms with Crippen molar-refractivity contribution >= 4 is 5.91 Å². The van der Waals surface area contributed by atoms with Gasteiger partial charge in [0, 0.05) is 37.8 Å². The van der Waals surface area contributed by atoms with Crippen LogP contribution >= 0.6 is 0 Å². The predicted octanol–water partition coefficient (Wildman–Crippen LogP) is 2.63. The van der Waals surface area contributed by atoms with Gasteiger partial charge in [-0.1, -0.05) is 0 Å². The predicted molar refractivity (Wildman–Crippen MR) is 90.9 cm³/mol. The van der Waals surface area contributed by atoms with Gasteiger partial charge in [0.05, 0.1) is 29.2 Å². The Hall–Kier alpha value is -2.11. The van der Waals surface area contributed by atoms with E-state index in [-0.39, 0.29) is 11.9 Å². The molecule has 0 aromatic carbocycles. The topological polar surface area (TPSA) is 56.0 Å². The van der Waals surface area contributed by atoms with Gasteiger partial charge in [-0.15, -0.1) is 0 Å². The first-order valence-corrected chi connectivity index (χ1v) is 8.82. The minimum absolute atomic E-state index is 0.134. The number of hydrogen-bond donors (Lipinski definition) is 0. The molecule has 0 unspecified atom stereocenters. The maximum absolute atomic E-state index is 13.3. The van der Waals surface area contributed by atoms with Crippen molar-refractivity contribution in [2.75, 3.05) is 6.54 Å². The van der Waals surface area contributed by atoms with Gasteiger partial charge in [-0.2, -0.15) is 10.2 Å². The maximum Gasteiger partial charge on any atom is 0.257 e. The minimum Gasteiger partial charge on any atom is -0.331 e. The lowest BCUT2D eigenvalue weighted by molar-refractivity contribution is 0.0733. The normalized spacial score (nSPS) is 20.8. The van der Waals surface area contributed by atoms with Crippen molar-refractivity contribution in [1.29, 1.82) is 0 Å². The molecule has 6 heteroatoms. The number of aryl methyl sites for hydroxylation is 3. The highest BCUT2D eigenvalue weighted by Crippen LogP contribution is 2.43. The van der Waals surface area contributed by atoms with E-state index in [1.54, 1.807) is 6.20 Å². The van der Waals surface area contributed by atoms with Gasteiger partial charge in [0.2, 0.25) is 0 Å². The second kappa shape index (κ2) is 5.46. The molecule has 6 nitrogen and oxygen atoms in total. The third kappa shape index (κ3) is 2.27. The first kappa shape index (κ1) is 15.4. The van der Waals surface area contributed by atoms with Crippen molar-refractivity contribution in [3.63, 3.8) is 0 Å². The van der Waals surface area contributed by atoms with Crippen LogP contribution in [0.2, 0.25) is 0 Å². The van der Waals surface area contributed by atoms with Crippen molar-refractivity contribution < 1.29 is 4.79 Å². The molecule has 1 aliphatic carbocycles. The fourth-order valence-corrected chi connectivity index (χ4v) is 4.19. The Bertz CT molecular complexity index is 799. The molecule has 0 radical (unpaired) electrons. The molecule has 1 atom stereocenters. The molecule has 1 aliphatic heterocycles. The van der Waals surface area contributed by atoms with E-state index in [1.165, 1.54) is 18.4 Å². The van der Waals surface area contributed by atoms with Crippen LogP contribution in [-0.4, -0.2) is 36.9 Å². The zero-order valence-electron chi connectivity index (χ0n) is 14.9. The lowest BCUT2D eigenvalue weighted by Crippen LogP contribution is -2.31. The van der Waals surface area contributed by atoms with E-state index in [4.69, 9.17) is 0 Å². The van der Waals surface area contributed by atoms with Gasteiger partial charge in [-0.25, -0.2) is 0 Å². The highest BCUT2D eigenvalue weighted by molar-refractivity contribution is 5.96. The van der Waals surface area contributed by atoms with Crippen molar-refractivity contribution in [2.45, 2.75) is 51.5 Å². The van der Waals surface area contributed by atoms with E-state index < -0.39 is 0 Å². The molecule has 2 aromatic rings. The summed E-state index contributed by atoms with van der Waals surface area (Å²) >= 11 is 0. The molecule has 1 saturated heterocycles. The Morgan fingerprint density at radius 1 is 1.17 bits per heavy atom. The molecule has 0 bridgehead atoms. The SMILES string of the molecule is Cc1nn(C)c(C)c1[C@H]1CCCN1C(=O)c1cnn(C)c1C1CC1. The average molecular weight is 327 g/mol. The number of amides is 1. The fraction of sp³-hybridized carbons (Fsp3) is 0.611. The number of carbonyl (C=O) groups is 1. The Balaban J connectivity index is 1.69. The van der Waals surface area contributed by atoms with E-state index >= 15 is 0 Å². The second-order valence-electron chi connectivity index (χ2n) is 7.21. The Labute approximate surface area is 142 Å². The molecule has 2 aliphatic rings.